The normalized spacial score (nSPS) is 19.0. The number of hydrogen-bond donors (Lipinski definition) is 1. The fraction of sp³-hybridized carbons (Fsp3) is 0.588. The van der Waals surface area contributed by atoms with E-state index in [1.54, 1.807) is 11.9 Å². The van der Waals surface area contributed by atoms with Crippen molar-refractivity contribution in [2.75, 3.05) is 24.7 Å². The van der Waals surface area contributed by atoms with E-state index in [1.165, 1.54) is 0 Å². The van der Waals surface area contributed by atoms with Crippen LogP contribution in [-0.2, 0) is 0 Å². The summed E-state index contributed by atoms with van der Waals surface area (Å²) in [7, 11) is 0. The summed E-state index contributed by atoms with van der Waals surface area (Å²) in [5.41, 5.74) is -0.465. The molecule has 146 valence electrons. The van der Waals surface area contributed by atoms with Gasteiger partial charge in [-0.1, -0.05) is 11.9 Å². The summed E-state index contributed by atoms with van der Waals surface area (Å²) >= 11 is 2.84. The van der Waals surface area contributed by atoms with Crippen LogP contribution < -0.4 is 5.32 Å². The van der Waals surface area contributed by atoms with E-state index < -0.39 is 12.2 Å². The maximum Gasteiger partial charge on any atom is 0.281 e. The lowest BCUT2D eigenvalue weighted by atomic mass is 10.1. The third-order valence-corrected chi connectivity index (χ3v) is 6.93. The first-order chi connectivity index (χ1) is 13.0. The smallest absolute Gasteiger partial charge is 0.281 e. The average molecular weight is 416 g/mol. The van der Waals surface area contributed by atoms with Gasteiger partial charge < -0.3 is 5.32 Å². The van der Waals surface area contributed by atoms with Crippen LogP contribution in [0.3, 0.4) is 0 Å². The Labute approximate surface area is 163 Å². The Kier molecular flexibility index (Phi) is 5.56. The van der Waals surface area contributed by atoms with Crippen molar-refractivity contribution in [3.05, 3.63) is 22.7 Å². The first-order valence-electron chi connectivity index (χ1n) is 8.92. The number of thiazole rings is 1. The van der Waals surface area contributed by atoms with Gasteiger partial charge in [-0.3, -0.25) is 4.31 Å². The number of anilines is 1. The molecule has 4 rings (SSSR count). The molecule has 0 unspecified atom stereocenters. The number of rotatable bonds is 6. The summed E-state index contributed by atoms with van der Waals surface area (Å²) in [5, 5.41) is 3.88. The standard InChI is InChI=1S/C17H20F3N5S2/c1-26-25-6-4-10(5-7-25)22-17-21-8-11(18)12(24-17)14-13(15(19)20)23-16(27-14)9-2-3-9/h8-10,15H,2-7H2,1H3,(H,21,22,24). The van der Waals surface area contributed by atoms with Gasteiger partial charge in [0.25, 0.3) is 6.43 Å². The molecule has 1 aliphatic heterocycles. The van der Waals surface area contributed by atoms with E-state index in [-0.39, 0.29) is 34.2 Å². The van der Waals surface area contributed by atoms with Gasteiger partial charge in [-0.2, -0.15) is 0 Å². The van der Waals surface area contributed by atoms with Gasteiger partial charge in [0.05, 0.1) is 16.1 Å². The van der Waals surface area contributed by atoms with Crippen molar-refractivity contribution < 1.29 is 13.2 Å². The summed E-state index contributed by atoms with van der Waals surface area (Å²) < 4.78 is 43.5. The minimum atomic E-state index is -2.76. The SMILES string of the molecule is CSN1CCC(Nc2ncc(F)c(-c3sc(C4CC4)nc3C(F)F)n2)CC1. The van der Waals surface area contributed by atoms with E-state index >= 15 is 0 Å². The number of aromatic nitrogens is 3. The molecule has 3 heterocycles. The van der Waals surface area contributed by atoms with Crippen molar-refractivity contribution in [3.8, 4) is 10.6 Å². The van der Waals surface area contributed by atoms with E-state index in [4.69, 9.17) is 0 Å². The molecule has 1 N–H and O–H groups in total. The third-order valence-electron chi connectivity index (χ3n) is 4.81. The van der Waals surface area contributed by atoms with Gasteiger partial charge in [-0.25, -0.2) is 28.1 Å². The van der Waals surface area contributed by atoms with Gasteiger partial charge >= 0.3 is 0 Å². The number of alkyl halides is 2. The summed E-state index contributed by atoms with van der Waals surface area (Å²) in [4.78, 5) is 12.4. The van der Waals surface area contributed by atoms with Gasteiger partial charge in [-0.05, 0) is 31.9 Å². The molecule has 5 nitrogen and oxygen atoms in total. The fourth-order valence-electron chi connectivity index (χ4n) is 3.13. The molecule has 1 saturated heterocycles. The highest BCUT2D eigenvalue weighted by atomic mass is 32.2. The van der Waals surface area contributed by atoms with E-state index in [9.17, 15) is 13.2 Å². The van der Waals surface area contributed by atoms with Crippen LogP contribution in [0.5, 0.6) is 0 Å². The van der Waals surface area contributed by atoms with Crippen molar-refractivity contribution in [3.63, 3.8) is 0 Å². The molecular formula is C17H20F3N5S2. The lowest BCUT2D eigenvalue weighted by Crippen LogP contribution is -2.35. The van der Waals surface area contributed by atoms with Crippen LogP contribution >= 0.6 is 23.3 Å². The van der Waals surface area contributed by atoms with Crippen LogP contribution in [0.1, 0.15) is 48.7 Å². The van der Waals surface area contributed by atoms with Crippen LogP contribution in [0.4, 0.5) is 19.1 Å². The molecule has 2 aliphatic rings. The highest BCUT2D eigenvalue weighted by molar-refractivity contribution is 7.96. The number of nitrogens with zero attached hydrogens (tertiary/aromatic N) is 4. The Morgan fingerprint density at radius 1 is 1.22 bits per heavy atom. The zero-order chi connectivity index (χ0) is 19.0. The van der Waals surface area contributed by atoms with Crippen LogP contribution in [0.25, 0.3) is 10.6 Å². The molecule has 10 heteroatoms. The Bertz CT molecular complexity index is 804. The lowest BCUT2D eigenvalue weighted by molar-refractivity contribution is 0.147. The van der Waals surface area contributed by atoms with E-state index in [0.717, 1.165) is 56.3 Å². The molecule has 0 radical (unpaired) electrons. The Balaban J connectivity index is 1.58. The fourth-order valence-corrected chi connectivity index (χ4v) is 4.94. The highest BCUT2D eigenvalue weighted by Gasteiger charge is 2.32. The summed E-state index contributed by atoms with van der Waals surface area (Å²) in [5.74, 6) is -0.202. The third kappa shape index (κ3) is 4.22. The van der Waals surface area contributed by atoms with Gasteiger partial charge in [0, 0.05) is 25.0 Å². The second kappa shape index (κ2) is 7.92. The molecule has 0 bridgehead atoms. The Hall–Kier alpha value is -1.39. The molecule has 2 fully saturated rings. The molecule has 1 aliphatic carbocycles. The molecular weight excluding hydrogens is 395 g/mol. The predicted octanol–water partition coefficient (Wildman–Crippen LogP) is 4.71. The quantitative estimate of drug-likeness (QED) is 0.690. The van der Waals surface area contributed by atoms with Gasteiger partial charge in [-0.15, -0.1) is 11.3 Å². The van der Waals surface area contributed by atoms with E-state index in [2.05, 4.69) is 30.8 Å². The van der Waals surface area contributed by atoms with Crippen LogP contribution in [-0.4, -0.2) is 44.6 Å². The Morgan fingerprint density at radius 3 is 2.59 bits per heavy atom. The zero-order valence-corrected chi connectivity index (χ0v) is 16.4. The van der Waals surface area contributed by atoms with Crippen molar-refractivity contribution in [1.82, 2.24) is 19.3 Å². The molecule has 2 aromatic rings. The topological polar surface area (TPSA) is 53.9 Å². The van der Waals surface area contributed by atoms with Crippen molar-refractivity contribution in [2.45, 2.75) is 44.1 Å². The summed E-state index contributed by atoms with van der Waals surface area (Å²) in [6, 6.07) is 0.185. The molecule has 2 aromatic heterocycles. The minimum absolute atomic E-state index is 0.0891. The summed E-state index contributed by atoms with van der Waals surface area (Å²) in [6.45, 7) is 1.89. The van der Waals surface area contributed by atoms with Gasteiger partial charge in [0.2, 0.25) is 5.95 Å². The van der Waals surface area contributed by atoms with Crippen molar-refractivity contribution >= 4 is 29.2 Å². The molecule has 0 amide bonds. The zero-order valence-electron chi connectivity index (χ0n) is 14.8. The first-order valence-corrected chi connectivity index (χ1v) is 10.9. The number of piperidine rings is 1. The van der Waals surface area contributed by atoms with Crippen molar-refractivity contribution in [2.24, 2.45) is 0 Å². The van der Waals surface area contributed by atoms with Crippen molar-refractivity contribution in [1.29, 1.82) is 0 Å². The molecule has 0 spiro atoms. The van der Waals surface area contributed by atoms with Crippen LogP contribution in [0.15, 0.2) is 6.20 Å². The van der Waals surface area contributed by atoms with E-state index in [1.807, 2.05) is 0 Å². The molecule has 27 heavy (non-hydrogen) atoms. The number of hydrogen-bond acceptors (Lipinski definition) is 7. The maximum atomic E-state index is 14.4. The maximum absolute atomic E-state index is 14.4. The van der Waals surface area contributed by atoms with Crippen LogP contribution in [0, 0.1) is 5.82 Å². The van der Waals surface area contributed by atoms with Gasteiger partial charge in [0.15, 0.2) is 5.82 Å². The number of halogens is 3. The highest BCUT2D eigenvalue weighted by Crippen LogP contribution is 2.46. The minimum Gasteiger partial charge on any atom is -0.351 e. The van der Waals surface area contributed by atoms with Crippen LogP contribution in [0.2, 0.25) is 0 Å². The predicted molar refractivity (Wildman–Crippen MR) is 102 cm³/mol. The molecule has 1 saturated carbocycles. The largest absolute Gasteiger partial charge is 0.351 e. The van der Waals surface area contributed by atoms with Gasteiger partial charge in [0.1, 0.15) is 11.4 Å². The first kappa shape index (κ1) is 18.9. The lowest BCUT2D eigenvalue weighted by Gasteiger charge is -2.30. The second-order valence-corrected chi connectivity index (χ2v) is 8.67. The van der Waals surface area contributed by atoms with E-state index in [0.29, 0.717) is 5.01 Å². The second-order valence-electron chi connectivity index (χ2n) is 6.76. The molecule has 0 aromatic carbocycles. The number of nitrogens with one attached hydrogen (secondary N) is 1. The molecule has 0 atom stereocenters. The summed E-state index contributed by atoms with van der Waals surface area (Å²) in [6.07, 6.45) is 4.08. The monoisotopic (exact) mass is 415 g/mol. The average Bonchev–Trinajstić information content (AvgIpc) is 3.42. The Morgan fingerprint density at radius 2 is 1.96 bits per heavy atom.